The number of thioether (sulfide) groups is 1. The minimum Gasteiger partial charge on any atom is -0.353 e. The lowest BCUT2D eigenvalue weighted by Crippen LogP contribution is -2.57. The fraction of sp³-hybridized carbons (Fsp3) is 0.923. The molecule has 2 aliphatic heterocycles. The third-order valence-electron chi connectivity index (χ3n) is 3.88. The van der Waals surface area contributed by atoms with Crippen molar-refractivity contribution in [1.82, 2.24) is 10.6 Å². The summed E-state index contributed by atoms with van der Waals surface area (Å²) >= 11 is 2.02. The van der Waals surface area contributed by atoms with Gasteiger partial charge in [-0.2, -0.15) is 11.8 Å². The van der Waals surface area contributed by atoms with Crippen LogP contribution >= 0.6 is 11.8 Å². The average molecular weight is 256 g/mol. The van der Waals surface area contributed by atoms with Gasteiger partial charge in [0, 0.05) is 11.8 Å². The van der Waals surface area contributed by atoms with Gasteiger partial charge in [-0.3, -0.25) is 4.79 Å². The number of nitrogens with one attached hydrogen (secondary N) is 2. The summed E-state index contributed by atoms with van der Waals surface area (Å²) in [5.74, 6) is 1.46. The van der Waals surface area contributed by atoms with Crippen molar-refractivity contribution < 1.29 is 4.79 Å². The monoisotopic (exact) mass is 256 g/mol. The van der Waals surface area contributed by atoms with Crippen LogP contribution in [0.2, 0.25) is 0 Å². The standard InChI is InChI=1S/C13H24N2OS/c1-13(7-3-4-8-15-13)12(16)14-10-11-6-2-5-9-17-11/h11,15H,2-10H2,1H3,(H,14,16). The Kier molecular flexibility index (Phi) is 4.74. The van der Waals surface area contributed by atoms with Crippen molar-refractivity contribution in [3.8, 4) is 0 Å². The molecule has 2 N–H and O–H groups in total. The Balaban J connectivity index is 1.75. The lowest BCUT2D eigenvalue weighted by molar-refractivity contribution is -0.127. The number of piperidine rings is 1. The molecule has 2 heterocycles. The molecular formula is C13H24N2OS. The molecule has 0 aromatic heterocycles. The summed E-state index contributed by atoms with van der Waals surface area (Å²) in [5.41, 5.74) is -0.322. The van der Waals surface area contributed by atoms with Crippen molar-refractivity contribution >= 4 is 17.7 Å². The molecule has 0 bridgehead atoms. The van der Waals surface area contributed by atoms with Gasteiger partial charge in [0.15, 0.2) is 0 Å². The molecule has 3 nitrogen and oxygen atoms in total. The van der Waals surface area contributed by atoms with Crippen molar-refractivity contribution in [3.63, 3.8) is 0 Å². The van der Waals surface area contributed by atoms with Gasteiger partial charge in [-0.1, -0.05) is 6.42 Å². The van der Waals surface area contributed by atoms with Crippen LogP contribution in [0.25, 0.3) is 0 Å². The minimum atomic E-state index is -0.322. The summed E-state index contributed by atoms with van der Waals surface area (Å²) in [7, 11) is 0. The van der Waals surface area contributed by atoms with Crippen LogP contribution in [-0.4, -0.2) is 35.5 Å². The zero-order chi connectivity index (χ0) is 12.1. The van der Waals surface area contributed by atoms with Gasteiger partial charge in [-0.05, 0) is 51.3 Å². The Hall–Kier alpha value is -0.220. The predicted molar refractivity (Wildman–Crippen MR) is 73.4 cm³/mol. The molecule has 98 valence electrons. The van der Waals surface area contributed by atoms with Crippen LogP contribution in [0.1, 0.15) is 45.4 Å². The molecular weight excluding hydrogens is 232 g/mol. The van der Waals surface area contributed by atoms with E-state index in [0.717, 1.165) is 25.9 Å². The number of rotatable bonds is 3. The summed E-state index contributed by atoms with van der Waals surface area (Å²) in [6.45, 7) is 3.86. The summed E-state index contributed by atoms with van der Waals surface area (Å²) in [4.78, 5) is 12.2. The van der Waals surface area contributed by atoms with Crippen LogP contribution in [0.15, 0.2) is 0 Å². The Bertz CT molecular complexity index is 258. The van der Waals surface area contributed by atoms with E-state index in [1.54, 1.807) is 0 Å². The van der Waals surface area contributed by atoms with Gasteiger partial charge in [0.2, 0.25) is 5.91 Å². The minimum absolute atomic E-state index is 0.198. The van der Waals surface area contributed by atoms with Crippen LogP contribution in [0.4, 0.5) is 0 Å². The average Bonchev–Trinajstić information content (AvgIpc) is 2.38. The fourth-order valence-corrected chi connectivity index (χ4v) is 3.86. The Labute approximate surface area is 108 Å². The maximum absolute atomic E-state index is 12.2. The molecule has 2 atom stereocenters. The first kappa shape index (κ1) is 13.2. The molecule has 0 aromatic carbocycles. The molecule has 0 spiro atoms. The number of carbonyl (C=O) groups is 1. The quantitative estimate of drug-likeness (QED) is 0.810. The van der Waals surface area contributed by atoms with E-state index in [0.29, 0.717) is 5.25 Å². The molecule has 0 radical (unpaired) electrons. The molecule has 0 aromatic rings. The zero-order valence-electron chi connectivity index (χ0n) is 10.8. The molecule has 2 rings (SSSR count). The molecule has 2 aliphatic rings. The number of amides is 1. The predicted octanol–water partition coefficient (Wildman–Crippen LogP) is 1.92. The second-order valence-corrected chi connectivity index (χ2v) is 6.82. The molecule has 1 amide bonds. The molecule has 2 unspecified atom stereocenters. The highest BCUT2D eigenvalue weighted by Gasteiger charge is 2.34. The second-order valence-electron chi connectivity index (χ2n) is 5.41. The van der Waals surface area contributed by atoms with E-state index in [2.05, 4.69) is 10.6 Å². The molecule has 4 heteroatoms. The van der Waals surface area contributed by atoms with E-state index in [1.807, 2.05) is 18.7 Å². The van der Waals surface area contributed by atoms with Crippen molar-refractivity contribution in [3.05, 3.63) is 0 Å². The van der Waals surface area contributed by atoms with Gasteiger partial charge < -0.3 is 10.6 Å². The Morgan fingerprint density at radius 3 is 2.94 bits per heavy atom. The fourth-order valence-electron chi connectivity index (χ4n) is 2.62. The zero-order valence-corrected chi connectivity index (χ0v) is 11.6. The maximum atomic E-state index is 12.2. The van der Waals surface area contributed by atoms with Gasteiger partial charge in [0.1, 0.15) is 0 Å². The van der Waals surface area contributed by atoms with E-state index in [-0.39, 0.29) is 11.4 Å². The third-order valence-corrected chi connectivity index (χ3v) is 5.28. The molecule has 0 aliphatic carbocycles. The highest BCUT2D eigenvalue weighted by atomic mass is 32.2. The van der Waals surface area contributed by atoms with Gasteiger partial charge in [-0.25, -0.2) is 0 Å². The van der Waals surface area contributed by atoms with Crippen LogP contribution in [0, 0.1) is 0 Å². The van der Waals surface area contributed by atoms with Crippen molar-refractivity contribution in [2.24, 2.45) is 0 Å². The first-order chi connectivity index (χ1) is 8.21. The van der Waals surface area contributed by atoms with Crippen LogP contribution < -0.4 is 10.6 Å². The number of hydrogen-bond acceptors (Lipinski definition) is 3. The first-order valence-corrected chi connectivity index (χ1v) is 7.90. The Morgan fingerprint density at radius 2 is 2.29 bits per heavy atom. The van der Waals surface area contributed by atoms with Crippen molar-refractivity contribution in [1.29, 1.82) is 0 Å². The smallest absolute Gasteiger partial charge is 0.240 e. The molecule has 0 saturated carbocycles. The molecule has 2 saturated heterocycles. The van der Waals surface area contributed by atoms with Gasteiger partial charge in [0.25, 0.3) is 0 Å². The van der Waals surface area contributed by atoms with Crippen LogP contribution in [0.5, 0.6) is 0 Å². The highest BCUT2D eigenvalue weighted by molar-refractivity contribution is 7.99. The third kappa shape index (κ3) is 3.62. The molecule has 17 heavy (non-hydrogen) atoms. The first-order valence-electron chi connectivity index (χ1n) is 6.86. The maximum Gasteiger partial charge on any atom is 0.240 e. The molecule has 2 fully saturated rings. The summed E-state index contributed by atoms with van der Waals surface area (Å²) < 4.78 is 0. The second kappa shape index (κ2) is 6.10. The van der Waals surface area contributed by atoms with Crippen LogP contribution in [0.3, 0.4) is 0 Å². The lowest BCUT2D eigenvalue weighted by atomic mass is 9.90. The number of hydrogen-bond donors (Lipinski definition) is 2. The van der Waals surface area contributed by atoms with E-state index >= 15 is 0 Å². The van der Waals surface area contributed by atoms with Gasteiger partial charge >= 0.3 is 0 Å². The lowest BCUT2D eigenvalue weighted by Gasteiger charge is -2.34. The van der Waals surface area contributed by atoms with Gasteiger partial charge in [-0.15, -0.1) is 0 Å². The number of carbonyl (C=O) groups excluding carboxylic acids is 1. The SMILES string of the molecule is CC1(C(=O)NCC2CCCCS2)CCCCN1. The highest BCUT2D eigenvalue weighted by Crippen LogP contribution is 2.25. The summed E-state index contributed by atoms with van der Waals surface area (Å²) in [5, 5.41) is 7.14. The van der Waals surface area contributed by atoms with Crippen LogP contribution in [-0.2, 0) is 4.79 Å². The summed E-state index contributed by atoms with van der Waals surface area (Å²) in [6, 6.07) is 0. The normalized spacial score (nSPS) is 34.3. The van der Waals surface area contributed by atoms with Gasteiger partial charge in [0.05, 0.1) is 5.54 Å². The largest absolute Gasteiger partial charge is 0.353 e. The van der Waals surface area contributed by atoms with E-state index < -0.39 is 0 Å². The van der Waals surface area contributed by atoms with Crippen molar-refractivity contribution in [2.75, 3.05) is 18.8 Å². The topological polar surface area (TPSA) is 41.1 Å². The van der Waals surface area contributed by atoms with E-state index in [1.165, 1.54) is 31.4 Å². The van der Waals surface area contributed by atoms with Crippen molar-refractivity contribution in [2.45, 2.75) is 56.2 Å². The van der Waals surface area contributed by atoms with E-state index in [4.69, 9.17) is 0 Å². The van der Waals surface area contributed by atoms with E-state index in [9.17, 15) is 4.79 Å². The summed E-state index contributed by atoms with van der Waals surface area (Å²) in [6.07, 6.45) is 7.25. The Morgan fingerprint density at radius 1 is 1.41 bits per heavy atom.